The van der Waals surface area contributed by atoms with Crippen molar-refractivity contribution in [1.29, 1.82) is 0 Å². The lowest BCUT2D eigenvalue weighted by molar-refractivity contribution is 1.34. The van der Waals surface area contributed by atoms with Crippen molar-refractivity contribution < 1.29 is 0 Å². The molecule has 0 saturated heterocycles. The predicted molar refractivity (Wildman–Crippen MR) is 79.3 cm³/mol. The second-order valence-electron chi connectivity index (χ2n) is 4.18. The van der Waals surface area contributed by atoms with Crippen molar-refractivity contribution in [2.45, 2.75) is 6.92 Å². The van der Waals surface area contributed by atoms with Gasteiger partial charge in [-0.1, -0.05) is 29.8 Å². The number of aryl methyl sites for hydroxylation is 1. The van der Waals surface area contributed by atoms with E-state index in [1.54, 1.807) is 11.3 Å². The Bertz CT molecular complexity index is 713. The Morgan fingerprint density at radius 1 is 1.11 bits per heavy atom. The quantitative estimate of drug-likeness (QED) is 0.600. The summed E-state index contributed by atoms with van der Waals surface area (Å²) in [5.41, 5.74) is 4.23. The summed E-state index contributed by atoms with van der Waals surface area (Å²) in [6.45, 7) is 6.19. The van der Waals surface area contributed by atoms with E-state index >= 15 is 0 Å². The predicted octanol–water partition coefficient (Wildman–Crippen LogP) is 5.11. The molecule has 0 aliphatic rings. The van der Waals surface area contributed by atoms with Gasteiger partial charge in [-0.2, -0.15) is 0 Å². The summed E-state index contributed by atoms with van der Waals surface area (Å²) in [6.07, 6.45) is 0. The van der Waals surface area contributed by atoms with Gasteiger partial charge < -0.3 is 0 Å². The molecule has 3 rings (SSSR count). The average Bonchev–Trinajstić information content (AvgIpc) is 2.73. The van der Waals surface area contributed by atoms with Gasteiger partial charge in [0.15, 0.2) is 0 Å². The number of benzene rings is 2. The molecule has 0 fully saturated rings. The van der Waals surface area contributed by atoms with E-state index in [1.807, 2.05) is 31.2 Å². The van der Waals surface area contributed by atoms with E-state index in [1.165, 1.54) is 4.70 Å². The molecule has 0 aliphatic carbocycles. The Morgan fingerprint density at radius 2 is 1.83 bits per heavy atom. The third-order valence-electron chi connectivity index (χ3n) is 2.93. The van der Waals surface area contributed by atoms with Crippen LogP contribution in [0.1, 0.15) is 10.6 Å². The van der Waals surface area contributed by atoms with Gasteiger partial charge in [0.05, 0.1) is 15.2 Å². The van der Waals surface area contributed by atoms with Crippen molar-refractivity contribution in [2.75, 3.05) is 0 Å². The van der Waals surface area contributed by atoms with Gasteiger partial charge in [0, 0.05) is 5.02 Å². The smallest absolute Gasteiger partial charge is 0.0907 e. The Balaban J connectivity index is 2.23. The van der Waals surface area contributed by atoms with Crippen LogP contribution in [0, 0.1) is 13.8 Å². The molecule has 1 nitrogen and oxygen atoms in total. The number of aromatic nitrogens is 1. The van der Waals surface area contributed by atoms with Crippen molar-refractivity contribution in [3.8, 4) is 11.1 Å². The van der Waals surface area contributed by atoms with Crippen LogP contribution in [-0.2, 0) is 0 Å². The second kappa shape index (κ2) is 4.38. The number of thiazole rings is 1. The Morgan fingerprint density at radius 3 is 2.56 bits per heavy atom. The zero-order chi connectivity index (χ0) is 12.7. The fourth-order valence-electron chi connectivity index (χ4n) is 2.06. The van der Waals surface area contributed by atoms with E-state index < -0.39 is 0 Å². The monoisotopic (exact) mass is 272 g/mol. The van der Waals surface area contributed by atoms with Crippen LogP contribution in [0.4, 0.5) is 0 Å². The first-order valence-corrected chi connectivity index (χ1v) is 6.82. The average molecular weight is 273 g/mol. The fourth-order valence-corrected chi connectivity index (χ4v) is 3.04. The summed E-state index contributed by atoms with van der Waals surface area (Å²) >= 11 is 7.61. The van der Waals surface area contributed by atoms with Gasteiger partial charge in [-0.3, -0.25) is 0 Å². The van der Waals surface area contributed by atoms with Crippen molar-refractivity contribution in [3.63, 3.8) is 0 Å². The normalized spacial score (nSPS) is 11.1. The fraction of sp³-hybridized carbons (Fsp3) is 0.0667. The van der Waals surface area contributed by atoms with Crippen molar-refractivity contribution in [2.24, 2.45) is 0 Å². The van der Waals surface area contributed by atoms with E-state index in [2.05, 4.69) is 24.0 Å². The first kappa shape index (κ1) is 11.7. The molecule has 3 aromatic rings. The zero-order valence-electron chi connectivity index (χ0n) is 9.90. The highest BCUT2D eigenvalue weighted by Gasteiger charge is 2.09. The molecule has 0 aliphatic heterocycles. The van der Waals surface area contributed by atoms with Crippen LogP contribution in [0.2, 0.25) is 5.02 Å². The highest BCUT2D eigenvalue weighted by atomic mass is 35.5. The summed E-state index contributed by atoms with van der Waals surface area (Å²) in [6, 6.07) is 12.0. The minimum atomic E-state index is 0.745. The van der Waals surface area contributed by atoms with Gasteiger partial charge in [-0.05, 0) is 48.7 Å². The Labute approximate surface area is 115 Å². The third kappa shape index (κ3) is 1.92. The maximum absolute atomic E-state index is 5.91. The molecule has 0 bridgehead atoms. The minimum Gasteiger partial charge on any atom is -0.241 e. The van der Waals surface area contributed by atoms with Crippen LogP contribution >= 0.6 is 22.9 Å². The molecule has 3 heteroatoms. The minimum absolute atomic E-state index is 0.745. The number of halogens is 1. The lowest BCUT2D eigenvalue weighted by Crippen LogP contribution is -1.85. The van der Waals surface area contributed by atoms with Crippen LogP contribution in [0.5, 0.6) is 0 Å². The lowest BCUT2D eigenvalue weighted by Gasteiger charge is -2.06. The van der Waals surface area contributed by atoms with Gasteiger partial charge in [-0.25, -0.2) is 4.98 Å². The first-order valence-electron chi connectivity index (χ1n) is 5.63. The van der Waals surface area contributed by atoms with Crippen LogP contribution < -0.4 is 0 Å². The molecule has 89 valence electrons. The molecule has 0 atom stereocenters. The van der Waals surface area contributed by atoms with Gasteiger partial charge in [0.25, 0.3) is 0 Å². The van der Waals surface area contributed by atoms with Crippen molar-refractivity contribution in [3.05, 3.63) is 58.9 Å². The summed E-state index contributed by atoms with van der Waals surface area (Å²) in [4.78, 5) is 4.55. The molecular weight excluding hydrogens is 262 g/mol. The molecule has 1 aromatic heterocycles. The summed E-state index contributed by atoms with van der Waals surface area (Å²) in [7, 11) is 0. The van der Waals surface area contributed by atoms with Gasteiger partial charge >= 0.3 is 0 Å². The maximum atomic E-state index is 5.91. The van der Waals surface area contributed by atoms with Gasteiger partial charge in [0.1, 0.15) is 0 Å². The third-order valence-corrected chi connectivity index (χ3v) is 4.12. The molecule has 0 saturated carbocycles. The standard InChI is InChI=1S/C15H11ClNS/c1-9-13(11-3-5-12(16)6-4-11)7-8-14-15(9)17-10(2)18-14/h3-8H,1H2,2H3. The number of hydrogen-bond acceptors (Lipinski definition) is 2. The van der Waals surface area contributed by atoms with Crippen LogP contribution in [0.3, 0.4) is 0 Å². The molecule has 0 amide bonds. The summed E-state index contributed by atoms with van der Waals surface area (Å²) in [5, 5.41) is 1.82. The van der Waals surface area contributed by atoms with E-state index in [4.69, 9.17) is 11.6 Å². The Kier molecular flexibility index (Phi) is 2.84. The molecule has 18 heavy (non-hydrogen) atoms. The highest BCUT2D eigenvalue weighted by Crippen LogP contribution is 2.32. The van der Waals surface area contributed by atoms with Crippen LogP contribution in [-0.4, -0.2) is 4.98 Å². The first-order chi connectivity index (χ1) is 8.65. The van der Waals surface area contributed by atoms with Crippen LogP contribution in [0.25, 0.3) is 21.3 Å². The van der Waals surface area contributed by atoms with E-state index in [0.717, 1.165) is 32.2 Å². The van der Waals surface area contributed by atoms with E-state index in [9.17, 15) is 0 Å². The molecule has 1 radical (unpaired) electrons. The number of nitrogens with zero attached hydrogens (tertiary/aromatic N) is 1. The van der Waals surface area contributed by atoms with Gasteiger partial charge in [0.2, 0.25) is 0 Å². The lowest BCUT2D eigenvalue weighted by atomic mass is 10.00. The topological polar surface area (TPSA) is 12.9 Å². The van der Waals surface area contributed by atoms with E-state index in [0.29, 0.717) is 0 Å². The SMILES string of the molecule is [CH2]c1c(-c2ccc(Cl)cc2)ccc2sc(C)nc12. The molecule has 0 spiro atoms. The second-order valence-corrected chi connectivity index (χ2v) is 5.85. The van der Waals surface area contributed by atoms with Gasteiger partial charge in [-0.15, -0.1) is 11.3 Å². The molecular formula is C15H11ClNS. The Hall–Kier alpha value is -1.38. The number of hydrogen-bond donors (Lipinski definition) is 0. The molecule has 2 aromatic carbocycles. The summed E-state index contributed by atoms with van der Waals surface area (Å²) in [5.74, 6) is 0. The van der Waals surface area contributed by atoms with Crippen LogP contribution in [0.15, 0.2) is 36.4 Å². The number of rotatable bonds is 1. The maximum Gasteiger partial charge on any atom is 0.0907 e. The van der Waals surface area contributed by atoms with E-state index in [-0.39, 0.29) is 0 Å². The largest absolute Gasteiger partial charge is 0.241 e. The number of fused-ring (bicyclic) bond motifs is 1. The highest BCUT2D eigenvalue weighted by molar-refractivity contribution is 7.18. The molecule has 1 heterocycles. The van der Waals surface area contributed by atoms with Crippen molar-refractivity contribution >= 4 is 33.2 Å². The molecule has 0 N–H and O–H groups in total. The van der Waals surface area contributed by atoms with Crippen molar-refractivity contribution in [1.82, 2.24) is 4.98 Å². The molecule has 0 unspecified atom stereocenters. The summed E-state index contributed by atoms with van der Waals surface area (Å²) < 4.78 is 1.19. The zero-order valence-corrected chi connectivity index (χ0v) is 11.5.